The molecule has 2 aromatic rings. The monoisotopic (exact) mass is 251 g/mol. The van der Waals surface area contributed by atoms with Crippen LogP contribution in [0, 0.1) is 19.7 Å². The third-order valence-electron chi connectivity index (χ3n) is 2.25. The number of aromatic nitrogens is 2. The van der Waals surface area contributed by atoms with Gasteiger partial charge >= 0.3 is 0 Å². The first-order valence-electron chi connectivity index (χ1n) is 5.08. The van der Waals surface area contributed by atoms with Gasteiger partial charge in [-0.2, -0.15) is 0 Å². The van der Waals surface area contributed by atoms with Crippen LogP contribution >= 0.6 is 11.6 Å². The lowest BCUT2D eigenvalue weighted by atomic mass is 10.2. The highest BCUT2D eigenvalue weighted by molar-refractivity contribution is 6.28. The minimum atomic E-state index is -0.287. The van der Waals surface area contributed by atoms with Crippen LogP contribution in [0.5, 0.6) is 0 Å². The summed E-state index contributed by atoms with van der Waals surface area (Å²) >= 11 is 5.71. The Balaban J connectivity index is 2.34. The molecular formula is C12H11ClFN3. The van der Waals surface area contributed by atoms with Crippen molar-refractivity contribution >= 4 is 23.1 Å². The number of anilines is 2. The van der Waals surface area contributed by atoms with E-state index in [0.29, 0.717) is 11.5 Å². The molecule has 17 heavy (non-hydrogen) atoms. The minimum absolute atomic E-state index is 0.159. The van der Waals surface area contributed by atoms with Crippen molar-refractivity contribution in [2.45, 2.75) is 13.8 Å². The second kappa shape index (κ2) is 4.67. The smallest absolute Gasteiger partial charge is 0.224 e. The van der Waals surface area contributed by atoms with Gasteiger partial charge in [0.15, 0.2) is 0 Å². The summed E-state index contributed by atoms with van der Waals surface area (Å²) in [6.07, 6.45) is 1.61. The fourth-order valence-corrected chi connectivity index (χ4v) is 1.63. The summed E-state index contributed by atoms with van der Waals surface area (Å²) in [5.74, 6) is 0.292. The van der Waals surface area contributed by atoms with E-state index < -0.39 is 0 Å². The second-order valence-electron chi connectivity index (χ2n) is 3.81. The summed E-state index contributed by atoms with van der Waals surface area (Å²) in [4.78, 5) is 7.90. The van der Waals surface area contributed by atoms with Gasteiger partial charge in [-0.05, 0) is 49.2 Å². The molecule has 0 aliphatic carbocycles. The third-order valence-corrected chi connectivity index (χ3v) is 2.43. The van der Waals surface area contributed by atoms with Crippen molar-refractivity contribution in [1.29, 1.82) is 0 Å². The van der Waals surface area contributed by atoms with E-state index in [-0.39, 0.29) is 11.1 Å². The average molecular weight is 252 g/mol. The van der Waals surface area contributed by atoms with Crippen molar-refractivity contribution in [2.75, 3.05) is 5.32 Å². The van der Waals surface area contributed by atoms with Crippen LogP contribution in [0.3, 0.4) is 0 Å². The van der Waals surface area contributed by atoms with Gasteiger partial charge in [-0.1, -0.05) is 0 Å². The fourth-order valence-electron chi connectivity index (χ4n) is 1.49. The molecule has 3 nitrogen and oxygen atoms in total. The number of nitrogens with zero attached hydrogens (tertiary/aromatic N) is 2. The Bertz CT molecular complexity index is 537. The highest BCUT2D eigenvalue weighted by atomic mass is 35.5. The Morgan fingerprint density at radius 2 is 2.00 bits per heavy atom. The molecule has 0 radical (unpaired) electrons. The van der Waals surface area contributed by atoms with E-state index in [9.17, 15) is 4.39 Å². The number of hydrogen-bond donors (Lipinski definition) is 1. The Labute approximate surface area is 104 Å². The molecule has 0 spiro atoms. The van der Waals surface area contributed by atoms with E-state index in [4.69, 9.17) is 11.6 Å². The zero-order valence-electron chi connectivity index (χ0n) is 9.46. The van der Waals surface area contributed by atoms with E-state index in [1.54, 1.807) is 6.20 Å². The van der Waals surface area contributed by atoms with Gasteiger partial charge in [0.2, 0.25) is 5.28 Å². The first-order valence-corrected chi connectivity index (χ1v) is 5.46. The zero-order chi connectivity index (χ0) is 12.4. The average Bonchev–Trinajstić information content (AvgIpc) is 2.22. The zero-order valence-corrected chi connectivity index (χ0v) is 10.2. The summed E-state index contributed by atoms with van der Waals surface area (Å²) in [7, 11) is 0. The van der Waals surface area contributed by atoms with Gasteiger partial charge in [-0.25, -0.2) is 14.4 Å². The molecule has 1 N–H and O–H groups in total. The highest BCUT2D eigenvalue weighted by Crippen LogP contribution is 2.20. The van der Waals surface area contributed by atoms with Crippen molar-refractivity contribution < 1.29 is 4.39 Å². The van der Waals surface area contributed by atoms with Gasteiger partial charge in [-0.3, -0.25) is 0 Å². The predicted octanol–water partition coefficient (Wildman–Crippen LogP) is 3.63. The summed E-state index contributed by atoms with van der Waals surface area (Å²) in [5.41, 5.74) is 2.32. The SMILES string of the molecule is Cc1cc(F)cc(Nc2nc(Cl)ncc2C)c1. The fraction of sp³-hybridized carbons (Fsp3) is 0.167. The number of halogens is 2. The van der Waals surface area contributed by atoms with Crippen LogP contribution in [-0.2, 0) is 0 Å². The van der Waals surface area contributed by atoms with Crippen molar-refractivity contribution in [1.82, 2.24) is 9.97 Å². The molecule has 5 heteroatoms. The molecule has 88 valence electrons. The molecule has 2 rings (SSSR count). The van der Waals surface area contributed by atoms with E-state index in [1.165, 1.54) is 12.1 Å². The van der Waals surface area contributed by atoms with Gasteiger partial charge in [0.05, 0.1) is 0 Å². The Morgan fingerprint density at radius 3 is 2.71 bits per heavy atom. The molecule has 0 aliphatic rings. The number of hydrogen-bond acceptors (Lipinski definition) is 3. The third kappa shape index (κ3) is 2.91. The molecule has 0 saturated carbocycles. The minimum Gasteiger partial charge on any atom is -0.340 e. The molecule has 0 aliphatic heterocycles. The van der Waals surface area contributed by atoms with Crippen LogP contribution in [0.4, 0.5) is 15.9 Å². The van der Waals surface area contributed by atoms with Crippen molar-refractivity contribution in [3.05, 3.63) is 46.6 Å². The molecule has 0 bridgehead atoms. The topological polar surface area (TPSA) is 37.8 Å². The summed E-state index contributed by atoms with van der Waals surface area (Å²) in [6.45, 7) is 3.68. The second-order valence-corrected chi connectivity index (χ2v) is 4.15. The normalized spacial score (nSPS) is 10.4. The van der Waals surface area contributed by atoms with Crippen LogP contribution in [-0.4, -0.2) is 9.97 Å². The first-order chi connectivity index (χ1) is 8.04. The van der Waals surface area contributed by atoms with Crippen LogP contribution in [0.1, 0.15) is 11.1 Å². The van der Waals surface area contributed by atoms with Crippen LogP contribution in [0.15, 0.2) is 24.4 Å². The van der Waals surface area contributed by atoms with Gasteiger partial charge in [-0.15, -0.1) is 0 Å². The lowest BCUT2D eigenvalue weighted by Gasteiger charge is -2.09. The molecule has 0 unspecified atom stereocenters. The quantitative estimate of drug-likeness (QED) is 0.829. The standard InChI is InChI=1S/C12H11ClFN3/c1-7-3-9(14)5-10(4-7)16-11-8(2)6-15-12(13)17-11/h3-6H,1-2H3,(H,15,16,17). The predicted molar refractivity (Wildman–Crippen MR) is 66.2 cm³/mol. The molecule has 0 saturated heterocycles. The molecule has 1 aromatic carbocycles. The molecular weight excluding hydrogens is 241 g/mol. The lowest BCUT2D eigenvalue weighted by molar-refractivity contribution is 0.627. The molecule has 1 heterocycles. The van der Waals surface area contributed by atoms with Crippen molar-refractivity contribution in [3.63, 3.8) is 0 Å². The summed E-state index contributed by atoms with van der Waals surface area (Å²) in [6, 6.07) is 4.70. The van der Waals surface area contributed by atoms with E-state index in [0.717, 1.165) is 11.1 Å². The van der Waals surface area contributed by atoms with Crippen molar-refractivity contribution in [3.8, 4) is 0 Å². The Hall–Kier alpha value is -1.68. The molecule has 0 fully saturated rings. The highest BCUT2D eigenvalue weighted by Gasteiger charge is 2.04. The van der Waals surface area contributed by atoms with Gasteiger partial charge in [0.25, 0.3) is 0 Å². The maximum atomic E-state index is 13.2. The molecule has 1 aromatic heterocycles. The maximum Gasteiger partial charge on any atom is 0.224 e. The van der Waals surface area contributed by atoms with E-state index in [2.05, 4.69) is 15.3 Å². The van der Waals surface area contributed by atoms with Crippen molar-refractivity contribution in [2.24, 2.45) is 0 Å². The Kier molecular flexibility index (Phi) is 3.24. The van der Waals surface area contributed by atoms with E-state index >= 15 is 0 Å². The Morgan fingerprint density at radius 1 is 1.24 bits per heavy atom. The maximum absolute atomic E-state index is 13.2. The largest absolute Gasteiger partial charge is 0.340 e. The van der Waals surface area contributed by atoms with E-state index in [1.807, 2.05) is 19.9 Å². The van der Waals surface area contributed by atoms with Gasteiger partial charge < -0.3 is 5.32 Å². The number of benzene rings is 1. The number of aryl methyl sites for hydroxylation is 2. The molecule has 0 atom stereocenters. The summed E-state index contributed by atoms with van der Waals surface area (Å²) in [5, 5.41) is 3.18. The van der Waals surface area contributed by atoms with Crippen LogP contribution in [0.2, 0.25) is 5.28 Å². The number of rotatable bonds is 2. The van der Waals surface area contributed by atoms with Crippen LogP contribution < -0.4 is 5.32 Å². The van der Waals surface area contributed by atoms with Crippen LogP contribution in [0.25, 0.3) is 0 Å². The lowest BCUT2D eigenvalue weighted by Crippen LogP contribution is -1.98. The van der Waals surface area contributed by atoms with Gasteiger partial charge in [0.1, 0.15) is 11.6 Å². The molecule has 0 amide bonds. The first kappa shape index (κ1) is 11.8. The summed E-state index contributed by atoms with van der Waals surface area (Å²) < 4.78 is 13.2. The number of nitrogens with one attached hydrogen (secondary N) is 1. The van der Waals surface area contributed by atoms with Gasteiger partial charge in [0, 0.05) is 17.4 Å².